The molecule has 4 heterocycles. The lowest BCUT2D eigenvalue weighted by atomic mass is 10.0. The Morgan fingerprint density at radius 2 is 1.96 bits per heavy atom. The normalized spacial score (nSPS) is 22.0. The smallest absolute Gasteiger partial charge is 0.141 e. The van der Waals surface area contributed by atoms with Crippen molar-refractivity contribution >= 4 is 27.4 Å². The number of aromatic nitrogens is 2. The summed E-state index contributed by atoms with van der Waals surface area (Å²) in [5, 5.41) is 1.40. The van der Waals surface area contributed by atoms with Crippen molar-refractivity contribution in [3.8, 4) is 0 Å². The number of fused-ring (bicyclic) bond motifs is 3. The maximum atomic E-state index is 5.07. The number of anilines is 1. The summed E-state index contributed by atoms with van der Waals surface area (Å²) < 4.78 is 0. The molecule has 2 aromatic heterocycles. The van der Waals surface area contributed by atoms with Gasteiger partial charge < -0.3 is 4.90 Å². The predicted molar refractivity (Wildman–Crippen MR) is 95.5 cm³/mol. The Balaban J connectivity index is 1.68. The zero-order valence-corrected chi connectivity index (χ0v) is 14.7. The van der Waals surface area contributed by atoms with E-state index in [9.17, 15) is 0 Å². The molecule has 0 aromatic carbocycles. The first-order valence-corrected chi connectivity index (χ1v) is 9.94. The van der Waals surface area contributed by atoms with Gasteiger partial charge in [0.2, 0.25) is 0 Å². The van der Waals surface area contributed by atoms with E-state index < -0.39 is 0 Å². The van der Waals surface area contributed by atoms with Gasteiger partial charge in [-0.1, -0.05) is 6.92 Å². The maximum Gasteiger partial charge on any atom is 0.141 e. The quantitative estimate of drug-likeness (QED) is 0.862. The molecule has 2 fully saturated rings. The standard InChI is InChI=1S/C18H24N4S/c1-2-21-10-7-13-14(11-21)23-18-15(13)17(22-8-3-4-9-22)19-16(20-18)12-5-6-12/h12H,2-11H2,1H3. The minimum absolute atomic E-state index is 0.632. The van der Waals surface area contributed by atoms with Gasteiger partial charge in [0.25, 0.3) is 0 Å². The predicted octanol–water partition coefficient (Wildman–Crippen LogP) is 3.55. The van der Waals surface area contributed by atoms with Crippen LogP contribution in [0.4, 0.5) is 5.82 Å². The van der Waals surface area contributed by atoms with Gasteiger partial charge in [-0.3, -0.25) is 4.90 Å². The highest BCUT2D eigenvalue weighted by molar-refractivity contribution is 7.19. The van der Waals surface area contributed by atoms with Crippen molar-refractivity contribution in [2.45, 2.75) is 51.5 Å². The fourth-order valence-corrected chi connectivity index (χ4v) is 5.26. The van der Waals surface area contributed by atoms with Crippen LogP contribution in [0.1, 0.15) is 54.8 Å². The Labute approximate surface area is 141 Å². The summed E-state index contributed by atoms with van der Waals surface area (Å²) in [4.78, 5) is 17.9. The van der Waals surface area contributed by atoms with Crippen molar-refractivity contribution in [1.82, 2.24) is 14.9 Å². The van der Waals surface area contributed by atoms with Crippen LogP contribution in [0.15, 0.2) is 0 Å². The summed E-state index contributed by atoms with van der Waals surface area (Å²) in [6.45, 7) is 8.03. The third-order valence-corrected chi connectivity index (χ3v) is 6.68. The minimum atomic E-state index is 0.632. The zero-order chi connectivity index (χ0) is 15.4. The Kier molecular flexibility index (Phi) is 3.34. The van der Waals surface area contributed by atoms with E-state index in [2.05, 4.69) is 16.7 Å². The first kappa shape index (κ1) is 14.2. The molecule has 2 aliphatic heterocycles. The number of thiophene rings is 1. The van der Waals surface area contributed by atoms with E-state index in [-0.39, 0.29) is 0 Å². The molecule has 1 saturated carbocycles. The third kappa shape index (κ3) is 2.36. The van der Waals surface area contributed by atoms with E-state index in [0.29, 0.717) is 5.92 Å². The van der Waals surface area contributed by atoms with Gasteiger partial charge in [0.15, 0.2) is 0 Å². The molecular formula is C18H24N4S. The molecular weight excluding hydrogens is 304 g/mol. The molecule has 5 rings (SSSR count). The van der Waals surface area contributed by atoms with Crippen molar-refractivity contribution in [2.24, 2.45) is 0 Å². The zero-order valence-electron chi connectivity index (χ0n) is 13.8. The van der Waals surface area contributed by atoms with E-state index in [1.165, 1.54) is 66.2 Å². The largest absolute Gasteiger partial charge is 0.356 e. The van der Waals surface area contributed by atoms with Crippen molar-refractivity contribution < 1.29 is 0 Å². The summed E-state index contributed by atoms with van der Waals surface area (Å²) in [5.74, 6) is 3.01. The summed E-state index contributed by atoms with van der Waals surface area (Å²) in [6, 6.07) is 0. The average molecular weight is 328 g/mol. The minimum Gasteiger partial charge on any atom is -0.356 e. The van der Waals surface area contributed by atoms with Crippen molar-refractivity contribution in [3.05, 3.63) is 16.3 Å². The highest BCUT2D eigenvalue weighted by atomic mass is 32.1. The van der Waals surface area contributed by atoms with Crippen LogP contribution in [0.5, 0.6) is 0 Å². The monoisotopic (exact) mass is 328 g/mol. The molecule has 4 nitrogen and oxygen atoms in total. The topological polar surface area (TPSA) is 32.3 Å². The van der Waals surface area contributed by atoms with Gasteiger partial charge in [-0.05, 0) is 44.2 Å². The van der Waals surface area contributed by atoms with E-state index in [1.807, 2.05) is 11.3 Å². The summed E-state index contributed by atoms with van der Waals surface area (Å²) in [7, 11) is 0. The van der Waals surface area contributed by atoms with Gasteiger partial charge in [0, 0.05) is 37.0 Å². The van der Waals surface area contributed by atoms with Crippen LogP contribution in [-0.4, -0.2) is 41.0 Å². The lowest BCUT2D eigenvalue weighted by Gasteiger charge is -2.26. The summed E-state index contributed by atoms with van der Waals surface area (Å²) >= 11 is 1.93. The molecule has 1 aliphatic carbocycles. The molecule has 1 saturated heterocycles. The molecule has 0 amide bonds. The molecule has 23 heavy (non-hydrogen) atoms. The Hall–Kier alpha value is -1.20. The third-order valence-electron chi connectivity index (χ3n) is 5.57. The van der Waals surface area contributed by atoms with Crippen LogP contribution in [-0.2, 0) is 13.0 Å². The number of hydrogen-bond donors (Lipinski definition) is 0. The fraction of sp³-hybridized carbons (Fsp3) is 0.667. The van der Waals surface area contributed by atoms with Gasteiger partial charge >= 0.3 is 0 Å². The van der Waals surface area contributed by atoms with Crippen molar-refractivity contribution in [2.75, 3.05) is 31.1 Å². The number of likely N-dealkylation sites (N-methyl/N-ethyl adjacent to an activating group) is 1. The second kappa shape index (κ2) is 5.42. The fourth-order valence-electron chi connectivity index (χ4n) is 4.00. The van der Waals surface area contributed by atoms with Gasteiger partial charge in [0.05, 0.1) is 5.39 Å². The van der Waals surface area contributed by atoms with Gasteiger partial charge in [0.1, 0.15) is 16.5 Å². The SMILES string of the molecule is CCN1CCc2c(sc3nc(C4CC4)nc(N4CCCC4)c23)C1. The molecule has 5 heteroatoms. The number of hydrogen-bond acceptors (Lipinski definition) is 5. The van der Waals surface area contributed by atoms with Gasteiger partial charge in [-0.2, -0.15) is 0 Å². The summed E-state index contributed by atoms with van der Waals surface area (Å²) in [6.07, 6.45) is 6.33. The first-order chi connectivity index (χ1) is 11.3. The Morgan fingerprint density at radius 3 is 2.70 bits per heavy atom. The lowest BCUT2D eigenvalue weighted by molar-refractivity contribution is 0.272. The lowest BCUT2D eigenvalue weighted by Crippen LogP contribution is -2.29. The van der Waals surface area contributed by atoms with E-state index in [0.717, 1.165) is 25.3 Å². The highest BCUT2D eigenvalue weighted by Crippen LogP contribution is 2.44. The van der Waals surface area contributed by atoms with E-state index in [1.54, 1.807) is 5.56 Å². The second-order valence-corrected chi connectivity index (χ2v) is 8.26. The highest BCUT2D eigenvalue weighted by Gasteiger charge is 2.31. The molecule has 0 atom stereocenters. The maximum absolute atomic E-state index is 5.07. The van der Waals surface area contributed by atoms with Gasteiger partial charge in [-0.15, -0.1) is 11.3 Å². The molecule has 0 bridgehead atoms. The Bertz CT molecular complexity index is 743. The first-order valence-electron chi connectivity index (χ1n) is 9.13. The second-order valence-electron chi connectivity index (χ2n) is 7.18. The van der Waals surface area contributed by atoms with Crippen LogP contribution in [0, 0.1) is 0 Å². The molecule has 2 aromatic rings. The molecule has 0 unspecified atom stereocenters. The van der Waals surface area contributed by atoms with Crippen LogP contribution >= 0.6 is 11.3 Å². The van der Waals surface area contributed by atoms with Crippen LogP contribution in [0.25, 0.3) is 10.2 Å². The van der Waals surface area contributed by atoms with Crippen LogP contribution < -0.4 is 4.90 Å². The molecule has 0 N–H and O–H groups in total. The molecule has 122 valence electrons. The van der Waals surface area contributed by atoms with Crippen molar-refractivity contribution in [1.29, 1.82) is 0 Å². The van der Waals surface area contributed by atoms with Gasteiger partial charge in [-0.25, -0.2) is 9.97 Å². The molecule has 0 spiro atoms. The van der Waals surface area contributed by atoms with E-state index in [4.69, 9.17) is 9.97 Å². The Morgan fingerprint density at radius 1 is 1.13 bits per heavy atom. The molecule has 0 radical (unpaired) electrons. The van der Waals surface area contributed by atoms with E-state index >= 15 is 0 Å². The van der Waals surface area contributed by atoms with Crippen molar-refractivity contribution in [3.63, 3.8) is 0 Å². The van der Waals surface area contributed by atoms with Crippen LogP contribution in [0.2, 0.25) is 0 Å². The summed E-state index contributed by atoms with van der Waals surface area (Å²) in [5.41, 5.74) is 1.55. The number of nitrogens with zero attached hydrogens (tertiary/aromatic N) is 4. The van der Waals surface area contributed by atoms with Crippen LogP contribution in [0.3, 0.4) is 0 Å². The average Bonchev–Trinajstić information content (AvgIpc) is 3.16. The molecule has 3 aliphatic rings. The number of rotatable bonds is 3.